The molecule has 0 radical (unpaired) electrons. The molecule has 2 heterocycles. The Morgan fingerprint density at radius 1 is 1.11 bits per heavy atom. The van der Waals surface area contributed by atoms with Crippen LogP contribution >= 0.6 is 15.9 Å². The Bertz CT molecular complexity index is 1870. The molecule has 45 heavy (non-hydrogen) atoms. The third kappa shape index (κ3) is 6.72. The molecule has 0 aliphatic heterocycles. The number of carbonyl (C=O) groups is 1. The maximum Gasteiger partial charge on any atom is 0.311 e. The maximum absolute atomic E-state index is 15.2. The van der Waals surface area contributed by atoms with Crippen molar-refractivity contribution in [1.82, 2.24) is 15.0 Å². The fraction of sp³-hybridized carbons (Fsp3) is 0.257. The first-order valence-corrected chi connectivity index (χ1v) is 15.2. The number of benzene rings is 3. The third-order valence-corrected chi connectivity index (χ3v) is 8.55. The second-order valence-electron chi connectivity index (χ2n) is 11.8. The number of halogens is 3. The van der Waals surface area contributed by atoms with E-state index in [-0.39, 0.29) is 23.7 Å². The van der Waals surface area contributed by atoms with Crippen molar-refractivity contribution in [1.29, 1.82) is 0 Å². The van der Waals surface area contributed by atoms with E-state index in [0.29, 0.717) is 36.4 Å². The third-order valence-electron chi connectivity index (χ3n) is 8.06. The number of rotatable bonds is 13. The summed E-state index contributed by atoms with van der Waals surface area (Å²) in [6.07, 6.45) is 6.19. The lowest BCUT2D eigenvalue weighted by atomic mass is 9.76. The van der Waals surface area contributed by atoms with Crippen molar-refractivity contribution < 1.29 is 28.2 Å². The minimum Gasteiger partial charge on any atom is -0.481 e. The minimum atomic E-state index is -0.984. The normalized spacial score (nSPS) is 13.1. The number of aromatic nitrogens is 3. The number of fused-ring (bicyclic) bond motifs is 1. The van der Waals surface area contributed by atoms with Crippen molar-refractivity contribution >= 4 is 38.9 Å². The molecule has 1 unspecified atom stereocenters. The first-order chi connectivity index (χ1) is 21.4. The molecule has 2 aromatic heterocycles. The van der Waals surface area contributed by atoms with E-state index in [1.165, 1.54) is 30.3 Å². The van der Waals surface area contributed by atoms with Crippen LogP contribution < -0.4 is 4.74 Å². The summed E-state index contributed by atoms with van der Waals surface area (Å²) in [7, 11) is 0. The molecule has 3 aromatic carbocycles. The molecule has 3 N–H and O–H groups in total. The molecule has 0 fully saturated rings. The molecule has 0 amide bonds. The Hall–Kier alpha value is -4.28. The van der Waals surface area contributed by atoms with E-state index in [1.54, 1.807) is 26.2 Å². The maximum atomic E-state index is 15.2. The molecule has 7 nitrogen and oxygen atoms in total. The van der Waals surface area contributed by atoms with Gasteiger partial charge in [-0.05, 0) is 75.6 Å². The topological polar surface area (TPSA) is 100 Å². The van der Waals surface area contributed by atoms with Gasteiger partial charge in [0.2, 0.25) is 0 Å². The molecule has 0 saturated carbocycles. The Kier molecular flexibility index (Phi) is 9.27. The van der Waals surface area contributed by atoms with E-state index in [2.05, 4.69) is 44.4 Å². The number of hydrogen-bond acceptors (Lipinski definition) is 4. The highest BCUT2D eigenvalue weighted by Crippen LogP contribution is 2.39. The average molecular weight is 679 g/mol. The van der Waals surface area contributed by atoms with Crippen LogP contribution in [0.2, 0.25) is 0 Å². The molecule has 10 heteroatoms. The smallest absolute Gasteiger partial charge is 0.311 e. The highest BCUT2D eigenvalue weighted by molar-refractivity contribution is 9.10. The zero-order chi connectivity index (χ0) is 32.4. The highest BCUT2D eigenvalue weighted by atomic mass is 79.9. The Labute approximate surface area is 268 Å². The highest BCUT2D eigenvalue weighted by Gasteiger charge is 2.32. The van der Waals surface area contributed by atoms with Crippen LogP contribution in [0, 0.1) is 17.0 Å². The lowest BCUT2D eigenvalue weighted by Gasteiger charge is -2.30. The van der Waals surface area contributed by atoms with Gasteiger partial charge in [-0.15, -0.1) is 0 Å². The van der Waals surface area contributed by atoms with Crippen LogP contribution in [0.1, 0.15) is 50.4 Å². The largest absolute Gasteiger partial charge is 0.481 e. The monoisotopic (exact) mass is 677 g/mol. The van der Waals surface area contributed by atoms with E-state index in [1.807, 2.05) is 30.3 Å². The van der Waals surface area contributed by atoms with Crippen LogP contribution in [0.4, 0.5) is 8.78 Å². The second-order valence-corrected chi connectivity index (χ2v) is 12.7. The number of nitrogens with zero attached hydrogens (tertiary/aromatic N) is 1. The van der Waals surface area contributed by atoms with Crippen LogP contribution in [-0.2, 0) is 14.9 Å². The fourth-order valence-corrected chi connectivity index (χ4v) is 5.67. The average Bonchev–Trinajstić information content (AvgIpc) is 3.68. The lowest BCUT2D eigenvalue weighted by molar-refractivity contribution is -0.150. The Balaban J connectivity index is 1.42. The summed E-state index contributed by atoms with van der Waals surface area (Å²) >= 11 is 3.56. The van der Waals surface area contributed by atoms with Gasteiger partial charge in [-0.1, -0.05) is 40.7 Å². The summed E-state index contributed by atoms with van der Waals surface area (Å²) in [5, 5.41) is 10.1. The molecule has 0 aliphatic carbocycles. The van der Waals surface area contributed by atoms with Crippen LogP contribution in [0.15, 0.2) is 78.0 Å². The molecule has 234 valence electrons. The van der Waals surface area contributed by atoms with Crippen LogP contribution in [0.5, 0.6) is 11.5 Å². The minimum absolute atomic E-state index is 0.00835. The van der Waals surface area contributed by atoms with Crippen LogP contribution in [0.25, 0.3) is 28.4 Å². The van der Waals surface area contributed by atoms with Gasteiger partial charge in [0.05, 0.1) is 17.6 Å². The standard InChI is InChI=1S/C35H34BrF2N3O4/c1-5-24-25-12-14-39-29(25)18-28(38)31(24)45-23-10-11-27(37)26(17-23)32-40-19-30(41-32)35(4,21-8-6-9-22(36)16-21)13-7-15-44-20-34(2,3)33(42)43/h5-6,8-12,14,16-19,39H,1,7,13,15,20H2,2-4H3,(H,40,41)(H,42,43). The fourth-order valence-electron chi connectivity index (χ4n) is 5.27. The summed E-state index contributed by atoms with van der Waals surface area (Å²) in [5.74, 6) is -1.50. The molecular weight excluding hydrogens is 644 g/mol. The SMILES string of the molecule is C=Cc1c(Oc2ccc(F)c(-c3ncc(C(C)(CCCOCC(C)(C)C(=O)O)c4cccc(Br)c4)[nH]3)c2)c(F)cc2[nH]ccc12. The molecule has 0 saturated heterocycles. The Morgan fingerprint density at radius 2 is 1.91 bits per heavy atom. The predicted molar refractivity (Wildman–Crippen MR) is 174 cm³/mol. The molecule has 5 aromatic rings. The van der Waals surface area contributed by atoms with E-state index >= 15 is 8.78 Å². The Morgan fingerprint density at radius 3 is 2.64 bits per heavy atom. The van der Waals surface area contributed by atoms with E-state index in [4.69, 9.17) is 9.47 Å². The molecular formula is C35H34BrF2N3O4. The first-order valence-electron chi connectivity index (χ1n) is 14.5. The second kappa shape index (κ2) is 13.0. The van der Waals surface area contributed by atoms with Gasteiger partial charge in [0, 0.05) is 57.1 Å². The van der Waals surface area contributed by atoms with Crippen LogP contribution in [-0.4, -0.2) is 39.2 Å². The van der Waals surface area contributed by atoms with Crippen molar-refractivity contribution in [2.45, 2.75) is 39.0 Å². The van der Waals surface area contributed by atoms with Crippen molar-refractivity contribution in [3.8, 4) is 22.9 Å². The van der Waals surface area contributed by atoms with Gasteiger partial charge >= 0.3 is 5.97 Å². The number of aliphatic carboxylic acids is 1. The number of aromatic amines is 2. The summed E-state index contributed by atoms with van der Waals surface area (Å²) in [4.78, 5) is 22.3. The number of hydrogen-bond donors (Lipinski definition) is 3. The van der Waals surface area contributed by atoms with Gasteiger partial charge in [0.1, 0.15) is 17.4 Å². The van der Waals surface area contributed by atoms with E-state index in [9.17, 15) is 9.90 Å². The number of carboxylic acid groups (broad SMARTS) is 1. The molecule has 1 atom stereocenters. The van der Waals surface area contributed by atoms with Crippen molar-refractivity contribution in [2.24, 2.45) is 5.41 Å². The van der Waals surface area contributed by atoms with Crippen molar-refractivity contribution in [3.63, 3.8) is 0 Å². The zero-order valence-electron chi connectivity index (χ0n) is 25.2. The summed E-state index contributed by atoms with van der Waals surface area (Å²) < 4.78 is 42.9. The van der Waals surface area contributed by atoms with Gasteiger partial charge in [-0.3, -0.25) is 4.79 Å². The van der Waals surface area contributed by atoms with Gasteiger partial charge in [-0.2, -0.15) is 0 Å². The molecule has 0 aliphatic rings. The number of H-pyrrole nitrogens is 2. The first kappa shape index (κ1) is 32.1. The summed E-state index contributed by atoms with van der Waals surface area (Å²) in [6.45, 7) is 9.61. The number of ether oxygens (including phenoxy) is 2. The molecule has 5 rings (SSSR count). The predicted octanol–water partition coefficient (Wildman–Crippen LogP) is 9.25. The van der Waals surface area contributed by atoms with Gasteiger partial charge in [0.25, 0.3) is 0 Å². The number of carboxylic acids is 1. The number of imidazole rings is 1. The molecule has 0 spiro atoms. The summed E-state index contributed by atoms with van der Waals surface area (Å²) in [5.41, 5.74) is 1.46. The number of nitrogens with one attached hydrogen (secondary N) is 2. The summed E-state index contributed by atoms with van der Waals surface area (Å²) in [6, 6.07) is 15.3. The van der Waals surface area contributed by atoms with E-state index in [0.717, 1.165) is 21.1 Å². The quantitative estimate of drug-likeness (QED) is 0.108. The van der Waals surface area contributed by atoms with Crippen molar-refractivity contribution in [3.05, 3.63) is 106 Å². The lowest BCUT2D eigenvalue weighted by Crippen LogP contribution is -2.30. The van der Waals surface area contributed by atoms with Gasteiger partial charge in [-0.25, -0.2) is 13.8 Å². The zero-order valence-corrected chi connectivity index (χ0v) is 26.8. The van der Waals surface area contributed by atoms with E-state index < -0.39 is 28.4 Å². The molecule has 0 bridgehead atoms. The van der Waals surface area contributed by atoms with Crippen molar-refractivity contribution in [2.75, 3.05) is 13.2 Å². The van der Waals surface area contributed by atoms with Crippen LogP contribution in [0.3, 0.4) is 0 Å². The van der Waals surface area contributed by atoms with Gasteiger partial charge in [0.15, 0.2) is 11.6 Å². The van der Waals surface area contributed by atoms with Gasteiger partial charge < -0.3 is 24.5 Å².